The van der Waals surface area contributed by atoms with Crippen molar-refractivity contribution in [3.05, 3.63) is 34.9 Å². The average Bonchev–Trinajstić information content (AvgIpc) is 2.41. The fourth-order valence-corrected chi connectivity index (χ4v) is 1.48. The maximum absolute atomic E-state index is 11.9. The molecular weight excluding hydrogens is 244 g/mol. The Hall–Kier alpha value is -2.32. The molecule has 5 nitrogen and oxygen atoms in total. The number of likely N-dealkylation sites (N-methyl/N-ethyl adjacent to an activating group) is 1. The van der Waals surface area contributed by atoms with Crippen molar-refractivity contribution < 1.29 is 14.7 Å². The third-order valence-electron chi connectivity index (χ3n) is 2.34. The molecule has 0 unspecified atom stereocenters. The van der Waals surface area contributed by atoms with Crippen LogP contribution in [0.15, 0.2) is 18.2 Å². The van der Waals surface area contributed by atoms with Crippen LogP contribution in [0.25, 0.3) is 0 Å². The van der Waals surface area contributed by atoms with E-state index in [-0.39, 0.29) is 25.0 Å². The Bertz CT molecular complexity index is 541. The number of nitrogens with one attached hydrogen (secondary N) is 2. The zero-order valence-corrected chi connectivity index (χ0v) is 10.9. The molecule has 0 atom stereocenters. The second kappa shape index (κ2) is 7.19. The molecule has 1 rings (SSSR count). The first-order valence-corrected chi connectivity index (χ1v) is 5.77. The normalized spacial score (nSPS) is 9.21. The van der Waals surface area contributed by atoms with E-state index in [1.54, 1.807) is 12.1 Å². The van der Waals surface area contributed by atoms with Crippen molar-refractivity contribution in [2.24, 2.45) is 0 Å². The van der Waals surface area contributed by atoms with Gasteiger partial charge in [-0.05, 0) is 30.7 Å². The van der Waals surface area contributed by atoms with E-state index in [1.165, 1.54) is 7.05 Å². The minimum absolute atomic E-state index is 0.0685. The third kappa shape index (κ3) is 4.82. The molecule has 0 aromatic heterocycles. The number of carbonyl (C=O) groups is 2. The highest BCUT2D eigenvalue weighted by Gasteiger charge is 2.08. The predicted molar refractivity (Wildman–Crippen MR) is 71.5 cm³/mol. The van der Waals surface area contributed by atoms with Crippen molar-refractivity contribution in [1.29, 1.82) is 0 Å². The van der Waals surface area contributed by atoms with Gasteiger partial charge >= 0.3 is 0 Å². The van der Waals surface area contributed by atoms with Crippen LogP contribution in [-0.4, -0.2) is 37.1 Å². The fraction of sp³-hybridized carbons (Fsp3) is 0.286. The Morgan fingerprint density at radius 3 is 2.68 bits per heavy atom. The lowest BCUT2D eigenvalue weighted by Crippen LogP contribution is -2.35. The fourth-order valence-electron chi connectivity index (χ4n) is 1.48. The van der Waals surface area contributed by atoms with Crippen molar-refractivity contribution in [3.8, 4) is 11.8 Å². The van der Waals surface area contributed by atoms with Crippen LogP contribution in [0.2, 0.25) is 0 Å². The van der Waals surface area contributed by atoms with Gasteiger partial charge in [-0.1, -0.05) is 11.8 Å². The van der Waals surface area contributed by atoms with E-state index in [1.807, 2.05) is 13.0 Å². The van der Waals surface area contributed by atoms with Gasteiger partial charge in [0.15, 0.2) is 0 Å². The molecule has 0 fully saturated rings. The standard InChI is InChI=1S/C14H16N2O3/c1-10-6-11(4-3-5-17)8-12(7-10)14(19)16-9-13(18)15-2/h6-8,17H,5,9H2,1-2H3,(H,15,18)(H,16,19). The smallest absolute Gasteiger partial charge is 0.251 e. The number of amides is 2. The predicted octanol–water partition coefficient (Wildman–Crippen LogP) is -0.185. The van der Waals surface area contributed by atoms with Crippen LogP contribution in [0.5, 0.6) is 0 Å². The molecule has 5 heteroatoms. The van der Waals surface area contributed by atoms with Crippen molar-refractivity contribution in [2.75, 3.05) is 20.2 Å². The molecule has 0 spiro atoms. The van der Waals surface area contributed by atoms with Gasteiger partial charge in [0.25, 0.3) is 5.91 Å². The number of aliphatic hydroxyl groups excluding tert-OH is 1. The number of rotatable bonds is 3. The Morgan fingerprint density at radius 2 is 2.05 bits per heavy atom. The highest BCUT2D eigenvalue weighted by Crippen LogP contribution is 2.08. The topological polar surface area (TPSA) is 78.4 Å². The van der Waals surface area contributed by atoms with E-state index in [2.05, 4.69) is 22.5 Å². The van der Waals surface area contributed by atoms with Crippen LogP contribution in [0.4, 0.5) is 0 Å². The van der Waals surface area contributed by atoms with Gasteiger partial charge in [-0.25, -0.2) is 0 Å². The van der Waals surface area contributed by atoms with E-state index in [0.717, 1.165) is 5.56 Å². The lowest BCUT2D eigenvalue weighted by molar-refractivity contribution is -0.119. The highest BCUT2D eigenvalue weighted by atomic mass is 16.2. The van der Waals surface area contributed by atoms with Gasteiger partial charge in [0, 0.05) is 18.2 Å². The number of aryl methyl sites for hydroxylation is 1. The zero-order chi connectivity index (χ0) is 14.3. The molecule has 100 valence electrons. The van der Waals surface area contributed by atoms with Gasteiger partial charge in [-0.3, -0.25) is 9.59 Å². The molecule has 0 saturated carbocycles. The summed E-state index contributed by atoms with van der Waals surface area (Å²) in [6.07, 6.45) is 0. The van der Waals surface area contributed by atoms with Gasteiger partial charge in [-0.2, -0.15) is 0 Å². The van der Waals surface area contributed by atoms with Crippen LogP contribution in [0.3, 0.4) is 0 Å². The largest absolute Gasteiger partial charge is 0.384 e. The van der Waals surface area contributed by atoms with E-state index in [4.69, 9.17) is 5.11 Å². The quantitative estimate of drug-likeness (QED) is 0.659. The van der Waals surface area contributed by atoms with Crippen molar-refractivity contribution in [1.82, 2.24) is 10.6 Å². The average molecular weight is 260 g/mol. The molecule has 3 N–H and O–H groups in total. The summed E-state index contributed by atoms with van der Waals surface area (Å²) >= 11 is 0. The van der Waals surface area contributed by atoms with Crippen molar-refractivity contribution in [2.45, 2.75) is 6.92 Å². The Kier molecular flexibility index (Phi) is 5.58. The summed E-state index contributed by atoms with van der Waals surface area (Å²) in [4.78, 5) is 22.9. The highest BCUT2D eigenvalue weighted by molar-refractivity contribution is 5.96. The second-order valence-electron chi connectivity index (χ2n) is 3.90. The monoisotopic (exact) mass is 260 g/mol. The van der Waals surface area contributed by atoms with Gasteiger partial charge < -0.3 is 15.7 Å². The summed E-state index contributed by atoms with van der Waals surface area (Å²) < 4.78 is 0. The lowest BCUT2D eigenvalue weighted by Gasteiger charge is -2.06. The number of aliphatic hydroxyl groups is 1. The third-order valence-corrected chi connectivity index (χ3v) is 2.34. The molecule has 0 aliphatic carbocycles. The number of hydrogen-bond donors (Lipinski definition) is 3. The Morgan fingerprint density at radius 1 is 1.32 bits per heavy atom. The molecule has 0 heterocycles. The molecule has 0 saturated heterocycles. The molecule has 0 radical (unpaired) electrons. The van der Waals surface area contributed by atoms with Crippen LogP contribution < -0.4 is 10.6 Å². The summed E-state index contributed by atoms with van der Waals surface area (Å²) in [5.41, 5.74) is 1.97. The number of hydrogen-bond acceptors (Lipinski definition) is 3. The first-order valence-electron chi connectivity index (χ1n) is 5.77. The van der Waals surface area contributed by atoms with E-state index in [9.17, 15) is 9.59 Å². The molecule has 2 amide bonds. The SMILES string of the molecule is CNC(=O)CNC(=O)c1cc(C)cc(C#CCO)c1. The van der Waals surface area contributed by atoms with Crippen LogP contribution >= 0.6 is 0 Å². The zero-order valence-electron chi connectivity index (χ0n) is 10.9. The van der Waals surface area contributed by atoms with Crippen molar-refractivity contribution in [3.63, 3.8) is 0 Å². The molecule has 0 bridgehead atoms. The first kappa shape index (κ1) is 14.7. The maximum Gasteiger partial charge on any atom is 0.251 e. The van der Waals surface area contributed by atoms with Gasteiger partial charge in [-0.15, -0.1) is 0 Å². The van der Waals surface area contributed by atoms with Gasteiger partial charge in [0.05, 0.1) is 6.54 Å². The first-order chi connectivity index (χ1) is 9.06. The summed E-state index contributed by atoms with van der Waals surface area (Å²) in [5, 5.41) is 13.6. The van der Waals surface area contributed by atoms with E-state index in [0.29, 0.717) is 11.1 Å². The summed E-state index contributed by atoms with van der Waals surface area (Å²) in [7, 11) is 1.50. The van der Waals surface area contributed by atoms with Gasteiger partial charge in [0.2, 0.25) is 5.91 Å². The molecule has 19 heavy (non-hydrogen) atoms. The van der Waals surface area contributed by atoms with E-state index < -0.39 is 0 Å². The number of carbonyl (C=O) groups excluding carboxylic acids is 2. The number of benzene rings is 1. The molecule has 1 aromatic carbocycles. The Labute approximate surface area is 112 Å². The van der Waals surface area contributed by atoms with Crippen LogP contribution in [0, 0.1) is 18.8 Å². The van der Waals surface area contributed by atoms with Gasteiger partial charge in [0.1, 0.15) is 6.61 Å². The van der Waals surface area contributed by atoms with E-state index >= 15 is 0 Å². The summed E-state index contributed by atoms with van der Waals surface area (Å²) in [6, 6.07) is 5.15. The van der Waals surface area contributed by atoms with Crippen molar-refractivity contribution >= 4 is 11.8 Å². The Balaban J connectivity index is 2.85. The minimum atomic E-state index is -0.334. The second-order valence-corrected chi connectivity index (χ2v) is 3.90. The lowest BCUT2D eigenvalue weighted by atomic mass is 10.1. The molecule has 0 aliphatic heterocycles. The minimum Gasteiger partial charge on any atom is -0.384 e. The van der Waals surface area contributed by atoms with Crippen LogP contribution in [-0.2, 0) is 4.79 Å². The maximum atomic E-state index is 11.9. The molecule has 1 aromatic rings. The summed E-state index contributed by atoms with van der Waals surface area (Å²) in [5.74, 6) is 4.68. The summed E-state index contributed by atoms with van der Waals surface area (Å²) in [6.45, 7) is 1.55. The molecular formula is C14H16N2O3. The van der Waals surface area contributed by atoms with Crippen LogP contribution in [0.1, 0.15) is 21.5 Å². The molecule has 0 aliphatic rings.